The van der Waals surface area contributed by atoms with E-state index < -0.39 is 4.92 Å². The number of nitro benzene ring substituents is 1. The molecule has 0 heterocycles. The molecular weight excluding hydrogens is 334 g/mol. The molecule has 0 amide bonds. The summed E-state index contributed by atoms with van der Waals surface area (Å²) < 4.78 is 0.992. The van der Waals surface area contributed by atoms with E-state index in [0.717, 1.165) is 22.1 Å². The van der Waals surface area contributed by atoms with Crippen LogP contribution >= 0.6 is 15.9 Å². The van der Waals surface area contributed by atoms with E-state index in [-0.39, 0.29) is 11.3 Å². The summed E-state index contributed by atoms with van der Waals surface area (Å²) in [5.41, 5.74) is 2.53. The van der Waals surface area contributed by atoms with Crippen molar-refractivity contribution in [2.45, 2.75) is 13.3 Å². The topological polar surface area (TPSA) is 79.0 Å². The molecule has 0 saturated carbocycles. The zero-order chi connectivity index (χ0) is 15.4. The highest BCUT2D eigenvalue weighted by molar-refractivity contribution is 9.10. The molecule has 5 nitrogen and oxygen atoms in total. The maximum atomic E-state index is 10.8. The van der Waals surface area contributed by atoms with Gasteiger partial charge in [-0.05, 0) is 42.3 Å². The molecular formula is C15H12BrN3O2. The summed E-state index contributed by atoms with van der Waals surface area (Å²) in [5, 5.41) is 23.0. The van der Waals surface area contributed by atoms with E-state index in [1.54, 1.807) is 6.07 Å². The number of nitriles is 1. The van der Waals surface area contributed by atoms with Gasteiger partial charge in [-0.15, -0.1) is 0 Å². The third kappa shape index (κ3) is 3.38. The Morgan fingerprint density at radius 2 is 2.10 bits per heavy atom. The van der Waals surface area contributed by atoms with E-state index in [4.69, 9.17) is 5.26 Å². The highest BCUT2D eigenvalue weighted by Crippen LogP contribution is 2.27. The van der Waals surface area contributed by atoms with Gasteiger partial charge in [0.1, 0.15) is 11.6 Å². The smallest absolute Gasteiger partial charge is 0.287 e. The number of nitrogens with one attached hydrogen (secondary N) is 1. The summed E-state index contributed by atoms with van der Waals surface area (Å²) >= 11 is 3.43. The summed E-state index contributed by atoms with van der Waals surface area (Å²) in [5.74, 6) is 0. The molecule has 2 aromatic carbocycles. The third-order valence-corrected chi connectivity index (χ3v) is 3.53. The first-order valence-electron chi connectivity index (χ1n) is 6.29. The fraction of sp³-hybridized carbons (Fsp3) is 0.133. The van der Waals surface area contributed by atoms with Crippen LogP contribution in [-0.2, 0) is 6.42 Å². The van der Waals surface area contributed by atoms with Crippen LogP contribution in [0.4, 0.5) is 17.1 Å². The molecule has 0 radical (unpaired) electrons. The van der Waals surface area contributed by atoms with Crippen molar-refractivity contribution in [2.24, 2.45) is 0 Å². The highest BCUT2D eigenvalue weighted by Gasteiger charge is 2.14. The van der Waals surface area contributed by atoms with Gasteiger partial charge in [0.05, 0.1) is 4.92 Å². The van der Waals surface area contributed by atoms with Gasteiger partial charge in [-0.1, -0.05) is 22.9 Å². The normalized spacial score (nSPS) is 9.95. The lowest BCUT2D eigenvalue weighted by Gasteiger charge is -2.11. The standard InChI is InChI=1S/C15H12BrN3O2/c1-2-10-7-12(16)3-5-14(10)18-13-4-6-15(19(20)21)11(8-13)9-17/h3-8,18H,2H2,1H3. The van der Waals surface area contributed by atoms with Gasteiger partial charge in [0.25, 0.3) is 5.69 Å². The molecule has 0 aromatic heterocycles. The Hall–Kier alpha value is -2.39. The molecule has 0 saturated heterocycles. The molecule has 2 aromatic rings. The minimum Gasteiger partial charge on any atom is -0.355 e. The van der Waals surface area contributed by atoms with Crippen molar-refractivity contribution in [2.75, 3.05) is 5.32 Å². The zero-order valence-corrected chi connectivity index (χ0v) is 12.8. The van der Waals surface area contributed by atoms with Crippen LogP contribution in [0.2, 0.25) is 0 Å². The van der Waals surface area contributed by atoms with E-state index in [1.165, 1.54) is 12.1 Å². The Morgan fingerprint density at radius 1 is 1.33 bits per heavy atom. The van der Waals surface area contributed by atoms with Crippen LogP contribution in [0.3, 0.4) is 0 Å². The molecule has 0 aliphatic rings. The minimum absolute atomic E-state index is 0.0418. The average Bonchev–Trinajstić information content (AvgIpc) is 2.48. The van der Waals surface area contributed by atoms with Gasteiger partial charge in [-0.2, -0.15) is 5.26 Å². The molecule has 1 N–H and O–H groups in total. The van der Waals surface area contributed by atoms with Crippen molar-refractivity contribution in [1.82, 2.24) is 0 Å². The quantitative estimate of drug-likeness (QED) is 0.651. The number of benzene rings is 2. The Bertz CT molecular complexity index is 738. The summed E-state index contributed by atoms with van der Waals surface area (Å²) in [6.07, 6.45) is 0.847. The zero-order valence-electron chi connectivity index (χ0n) is 11.3. The summed E-state index contributed by atoms with van der Waals surface area (Å²) in [7, 11) is 0. The minimum atomic E-state index is -0.556. The predicted molar refractivity (Wildman–Crippen MR) is 84.6 cm³/mol. The maximum Gasteiger partial charge on any atom is 0.287 e. The molecule has 0 aliphatic heterocycles. The van der Waals surface area contributed by atoms with Crippen LogP contribution in [0.25, 0.3) is 0 Å². The van der Waals surface area contributed by atoms with E-state index in [1.807, 2.05) is 31.2 Å². The first kappa shape index (κ1) is 15.0. The van der Waals surface area contributed by atoms with Gasteiger partial charge in [-0.3, -0.25) is 10.1 Å². The van der Waals surface area contributed by atoms with Gasteiger partial charge >= 0.3 is 0 Å². The Morgan fingerprint density at radius 3 is 2.71 bits per heavy atom. The number of anilines is 2. The van der Waals surface area contributed by atoms with Crippen molar-refractivity contribution >= 4 is 33.0 Å². The Balaban J connectivity index is 2.37. The lowest BCUT2D eigenvalue weighted by Crippen LogP contribution is -1.98. The first-order chi connectivity index (χ1) is 10.0. The van der Waals surface area contributed by atoms with Gasteiger partial charge in [0.2, 0.25) is 0 Å². The molecule has 21 heavy (non-hydrogen) atoms. The summed E-state index contributed by atoms with van der Waals surface area (Å²) in [6.45, 7) is 2.05. The largest absolute Gasteiger partial charge is 0.355 e. The van der Waals surface area contributed by atoms with E-state index in [9.17, 15) is 10.1 Å². The van der Waals surface area contributed by atoms with Crippen LogP contribution in [0.1, 0.15) is 18.1 Å². The van der Waals surface area contributed by atoms with Crippen LogP contribution in [0.5, 0.6) is 0 Å². The first-order valence-corrected chi connectivity index (χ1v) is 7.08. The lowest BCUT2D eigenvalue weighted by molar-refractivity contribution is -0.385. The second-order valence-electron chi connectivity index (χ2n) is 4.38. The van der Waals surface area contributed by atoms with Crippen LogP contribution in [0, 0.1) is 21.4 Å². The fourth-order valence-electron chi connectivity index (χ4n) is 1.99. The van der Waals surface area contributed by atoms with Crippen molar-refractivity contribution < 1.29 is 4.92 Å². The third-order valence-electron chi connectivity index (χ3n) is 3.04. The van der Waals surface area contributed by atoms with E-state index in [2.05, 4.69) is 21.2 Å². The lowest BCUT2D eigenvalue weighted by atomic mass is 10.1. The van der Waals surface area contributed by atoms with Gasteiger partial charge in [0, 0.05) is 21.9 Å². The second kappa shape index (κ2) is 6.37. The van der Waals surface area contributed by atoms with Gasteiger partial charge < -0.3 is 5.32 Å². The van der Waals surface area contributed by atoms with Gasteiger partial charge in [0.15, 0.2) is 0 Å². The second-order valence-corrected chi connectivity index (χ2v) is 5.30. The molecule has 0 atom stereocenters. The summed E-state index contributed by atoms with van der Waals surface area (Å²) in [6, 6.07) is 12.1. The highest BCUT2D eigenvalue weighted by atomic mass is 79.9. The van der Waals surface area contributed by atoms with E-state index >= 15 is 0 Å². The molecule has 0 bridgehead atoms. The summed E-state index contributed by atoms with van der Waals surface area (Å²) in [4.78, 5) is 10.3. The monoisotopic (exact) mass is 345 g/mol. The average molecular weight is 346 g/mol. The number of hydrogen-bond acceptors (Lipinski definition) is 4. The molecule has 2 rings (SSSR count). The number of hydrogen-bond donors (Lipinski definition) is 1. The predicted octanol–water partition coefficient (Wildman–Crippen LogP) is 4.53. The Labute approximate surface area is 130 Å². The maximum absolute atomic E-state index is 10.8. The molecule has 6 heteroatoms. The van der Waals surface area contributed by atoms with Crippen LogP contribution in [-0.4, -0.2) is 4.92 Å². The molecule has 106 valence electrons. The van der Waals surface area contributed by atoms with Crippen molar-refractivity contribution in [1.29, 1.82) is 5.26 Å². The van der Waals surface area contributed by atoms with Crippen molar-refractivity contribution in [3.8, 4) is 6.07 Å². The van der Waals surface area contributed by atoms with Gasteiger partial charge in [-0.25, -0.2) is 0 Å². The fourth-order valence-corrected chi connectivity index (χ4v) is 2.40. The number of nitrogens with zero attached hydrogens (tertiary/aromatic N) is 2. The number of nitro groups is 1. The number of rotatable bonds is 4. The molecule has 0 spiro atoms. The molecule has 0 unspecified atom stereocenters. The van der Waals surface area contributed by atoms with Crippen molar-refractivity contribution in [3.05, 3.63) is 62.1 Å². The SMILES string of the molecule is CCc1cc(Br)ccc1Nc1ccc([N+](=O)[O-])c(C#N)c1. The number of halogens is 1. The van der Waals surface area contributed by atoms with Crippen LogP contribution in [0.15, 0.2) is 40.9 Å². The van der Waals surface area contributed by atoms with Crippen LogP contribution < -0.4 is 5.32 Å². The Kier molecular flexibility index (Phi) is 4.55. The number of aryl methyl sites for hydroxylation is 1. The molecule has 0 aliphatic carbocycles. The molecule has 0 fully saturated rings. The van der Waals surface area contributed by atoms with Crippen molar-refractivity contribution in [3.63, 3.8) is 0 Å². The van der Waals surface area contributed by atoms with E-state index in [0.29, 0.717) is 5.69 Å².